The van der Waals surface area contributed by atoms with Crippen molar-refractivity contribution in [3.05, 3.63) is 25.3 Å². The predicted molar refractivity (Wildman–Crippen MR) is 61.3 cm³/mol. The summed E-state index contributed by atoms with van der Waals surface area (Å²) >= 11 is 0. The molecule has 1 unspecified atom stereocenters. The monoisotopic (exact) mass is 257 g/mol. The van der Waals surface area contributed by atoms with Gasteiger partial charge in [0.2, 0.25) is 0 Å². The average Bonchev–Trinajstić information content (AvgIpc) is 2.19. The third-order valence-corrected chi connectivity index (χ3v) is 1.91. The first-order valence-electron chi connectivity index (χ1n) is 5.10. The maximum atomic E-state index is 10.4. The second kappa shape index (κ2) is 15.9. The largest absolute Gasteiger partial charge is 0.481 e. The van der Waals surface area contributed by atoms with Crippen molar-refractivity contribution in [2.45, 2.75) is 39.5 Å². The predicted octanol–water partition coefficient (Wildman–Crippen LogP) is 3.64. The van der Waals surface area contributed by atoms with Crippen LogP contribution in [0.15, 0.2) is 25.3 Å². The Kier molecular flexibility index (Phi) is 21.2. The number of carboxylic acid groups (broad SMARTS) is 1. The van der Waals surface area contributed by atoms with Crippen LogP contribution in [0.25, 0.3) is 0 Å². The molecule has 2 nitrogen and oxygen atoms in total. The van der Waals surface area contributed by atoms with Crippen LogP contribution in [0.1, 0.15) is 39.5 Å². The van der Waals surface area contributed by atoms with Crippen LogP contribution < -0.4 is 0 Å². The molecule has 0 saturated heterocycles. The van der Waals surface area contributed by atoms with E-state index in [2.05, 4.69) is 20.1 Å². The van der Waals surface area contributed by atoms with Gasteiger partial charge in [0.15, 0.2) is 0 Å². The second-order valence-corrected chi connectivity index (χ2v) is 3.06. The van der Waals surface area contributed by atoms with Crippen LogP contribution in [0.5, 0.6) is 0 Å². The number of carbonyl (C=O) groups is 1. The van der Waals surface area contributed by atoms with E-state index in [-0.39, 0.29) is 22.7 Å². The fourth-order valence-electron chi connectivity index (χ4n) is 0.953. The van der Waals surface area contributed by atoms with Gasteiger partial charge in [0.1, 0.15) is 0 Å². The van der Waals surface area contributed by atoms with E-state index in [9.17, 15) is 4.79 Å². The van der Waals surface area contributed by atoms with Gasteiger partial charge in [-0.3, -0.25) is 4.79 Å². The van der Waals surface area contributed by atoms with Gasteiger partial charge in [0.25, 0.3) is 0 Å². The Morgan fingerprint density at radius 1 is 1.33 bits per heavy atom. The molecule has 3 heteroatoms. The molecule has 0 aromatic heterocycles. The third-order valence-electron chi connectivity index (χ3n) is 1.91. The molecule has 1 atom stereocenters. The van der Waals surface area contributed by atoms with Crippen molar-refractivity contribution < 1.29 is 26.7 Å². The van der Waals surface area contributed by atoms with Gasteiger partial charge < -0.3 is 5.11 Å². The summed E-state index contributed by atoms with van der Waals surface area (Å²) in [6.07, 6.45) is 6.99. The van der Waals surface area contributed by atoms with Gasteiger partial charge in [-0.2, -0.15) is 0 Å². The molecule has 0 aliphatic rings. The zero-order valence-electron chi connectivity index (χ0n) is 9.66. The Hall–Kier alpha value is -0.544. The first kappa shape index (κ1) is 19.9. The molecule has 0 aromatic rings. The Labute approximate surface area is 104 Å². The van der Waals surface area contributed by atoms with Crippen LogP contribution in [-0.2, 0) is 21.6 Å². The normalized spacial score (nSPS) is 10.0. The molecule has 0 heterocycles. The van der Waals surface area contributed by atoms with Crippen LogP contribution in [0.4, 0.5) is 0 Å². The number of hydrogen-bond donors (Lipinski definition) is 1. The van der Waals surface area contributed by atoms with Gasteiger partial charge in [-0.1, -0.05) is 52.0 Å². The van der Waals surface area contributed by atoms with Gasteiger partial charge >= 0.3 is 5.97 Å². The van der Waals surface area contributed by atoms with Crippen LogP contribution in [-0.4, -0.2) is 11.1 Å². The number of carboxylic acids is 1. The van der Waals surface area contributed by atoms with Crippen LogP contribution >= 0.6 is 0 Å². The Morgan fingerprint density at radius 2 is 1.80 bits per heavy atom. The summed E-state index contributed by atoms with van der Waals surface area (Å²) in [7, 11) is 0. The summed E-state index contributed by atoms with van der Waals surface area (Å²) in [6, 6.07) is 0. The molecule has 0 aromatic carbocycles. The van der Waals surface area contributed by atoms with Gasteiger partial charge in [0.05, 0.1) is 5.92 Å². The van der Waals surface area contributed by atoms with Gasteiger partial charge in [0, 0.05) is 16.8 Å². The zero-order valence-corrected chi connectivity index (χ0v) is 10.7. The summed E-state index contributed by atoms with van der Waals surface area (Å²) in [5.74, 6) is -0.754. The standard InChI is InChI=1S/C8H16O2.C4H6.Co/c1-3-5-6-7(4-2)8(9)10;1-3-4-2;/h7H,3-6H2,1-2H3,(H,9,10);3-4H,1-2H2;. The van der Waals surface area contributed by atoms with E-state index < -0.39 is 5.97 Å². The molecule has 91 valence electrons. The minimum atomic E-state index is -0.643. The third kappa shape index (κ3) is 16.2. The van der Waals surface area contributed by atoms with Crippen molar-refractivity contribution in [1.82, 2.24) is 0 Å². The quantitative estimate of drug-likeness (QED) is 0.737. The van der Waals surface area contributed by atoms with E-state index in [1.54, 1.807) is 12.2 Å². The summed E-state index contributed by atoms with van der Waals surface area (Å²) in [4.78, 5) is 10.4. The smallest absolute Gasteiger partial charge is 0.306 e. The SMILES string of the molecule is C=CC=C.CCCCC(CC)C(=O)O.[Co]. The van der Waals surface area contributed by atoms with Crippen molar-refractivity contribution in [3.8, 4) is 0 Å². The molecule has 0 fully saturated rings. The summed E-state index contributed by atoms with van der Waals surface area (Å²) < 4.78 is 0. The number of aliphatic carboxylic acids is 1. The number of allylic oxidation sites excluding steroid dienone is 2. The van der Waals surface area contributed by atoms with E-state index in [1.165, 1.54) is 0 Å². The molecular weight excluding hydrogens is 235 g/mol. The van der Waals surface area contributed by atoms with Crippen molar-refractivity contribution in [2.24, 2.45) is 5.92 Å². The van der Waals surface area contributed by atoms with E-state index >= 15 is 0 Å². The average molecular weight is 257 g/mol. The Bertz CT molecular complexity index is 161. The summed E-state index contributed by atoms with van der Waals surface area (Å²) in [5, 5.41) is 8.60. The zero-order chi connectivity index (χ0) is 11.4. The molecule has 15 heavy (non-hydrogen) atoms. The molecule has 0 aliphatic heterocycles. The molecule has 1 N–H and O–H groups in total. The maximum absolute atomic E-state index is 10.4. The maximum Gasteiger partial charge on any atom is 0.306 e. The molecule has 0 saturated carbocycles. The number of rotatable bonds is 6. The Balaban J connectivity index is -0.000000249. The minimum absolute atomic E-state index is 0. The second-order valence-electron chi connectivity index (χ2n) is 3.06. The minimum Gasteiger partial charge on any atom is -0.481 e. The summed E-state index contributed by atoms with van der Waals surface area (Å²) in [6.45, 7) is 10.7. The fraction of sp³-hybridized carbons (Fsp3) is 0.583. The van der Waals surface area contributed by atoms with Crippen LogP contribution in [0.2, 0.25) is 0 Å². The van der Waals surface area contributed by atoms with Gasteiger partial charge in [-0.15, -0.1) is 0 Å². The van der Waals surface area contributed by atoms with Gasteiger partial charge in [-0.05, 0) is 12.8 Å². The van der Waals surface area contributed by atoms with Crippen LogP contribution in [0.3, 0.4) is 0 Å². The first-order chi connectivity index (χ1) is 6.63. The molecule has 0 bridgehead atoms. The van der Waals surface area contributed by atoms with Crippen molar-refractivity contribution in [3.63, 3.8) is 0 Å². The van der Waals surface area contributed by atoms with E-state index in [1.807, 2.05) is 6.92 Å². The Morgan fingerprint density at radius 3 is 2.00 bits per heavy atom. The molecular formula is C12H22CoO2. The number of unbranched alkanes of at least 4 members (excludes halogenated alkanes) is 1. The fourth-order valence-corrected chi connectivity index (χ4v) is 0.953. The first-order valence-corrected chi connectivity index (χ1v) is 5.10. The molecule has 0 spiro atoms. The molecule has 0 aliphatic carbocycles. The summed E-state index contributed by atoms with van der Waals surface area (Å²) in [5.41, 5.74) is 0. The molecule has 1 radical (unpaired) electrons. The van der Waals surface area contributed by atoms with Crippen LogP contribution in [0, 0.1) is 5.92 Å². The number of hydrogen-bond acceptors (Lipinski definition) is 1. The van der Waals surface area contributed by atoms with Crippen molar-refractivity contribution >= 4 is 5.97 Å². The van der Waals surface area contributed by atoms with Gasteiger partial charge in [-0.25, -0.2) is 0 Å². The molecule has 0 rings (SSSR count). The van der Waals surface area contributed by atoms with E-state index in [0.29, 0.717) is 0 Å². The van der Waals surface area contributed by atoms with Crippen molar-refractivity contribution in [2.75, 3.05) is 0 Å². The van der Waals surface area contributed by atoms with Crippen molar-refractivity contribution in [1.29, 1.82) is 0 Å². The van der Waals surface area contributed by atoms with E-state index in [4.69, 9.17) is 5.11 Å². The topological polar surface area (TPSA) is 37.3 Å². The molecule has 0 amide bonds. The van der Waals surface area contributed by atoms with E-state index in [0.717, 1.165) is 25.7 Å².